The molecule has 1 aliphatic heterocycles. The fourth-order valence-electron chi connectivity index (χ4n) is 4.34. The van der Waals surface area contributed by atoms with E-state index in [0.717, 1.165) is 16.3 Å². The predicted octanol–water partition coefficient (Wildman–Crippen LogP) is 5.39. The minimum atomic E-state index is -4.06. The molecule has 1 atom stereocenters. The first-order valence-electron chi connectivity index (χ1n) is 14.2. The number of thiazole rings is 1. The first-order valence-corrected chi connectivity index (χ1v) is 16.5. The third-order valence-corrected chi connectivity index (χ3v) is 8.95. The maximum Gasteiger partial charge on any atom is 0.434 e. The molecule has 44 heavy (non-hydrogen) atoms. The lowest BCUT2D eigenvalue weighted by Crippen LogP contribution is -2.43. The monoisotopic (exact) mass is 645 g/mol. The van der Waals surface area contributed by atoms with Gasteiger partial charge >= 0.3 is 6.09 Å². The third-order valence-electron chi connectivity index (χ3n) is 6.30. The van der Waals surface area contributed by atoms with Gasteiger partial charge in [0.2, 0.25) is 16.8 Å². The summed E-state index contributed by atoms with van der Waals surface area (Å²) in [5.41, 5.74) is 0.837. The van der Waals surface area contributed by atoms with Crippen LogP contribution in [-0.2, 0) is 27.8 Å². The lowest BCUT2D eigenvalue weighted by Gasteiger charge is -2.27. The van der Waals surface area contributed by atoms with Gasteiger partial charge in [-0.3, -0.25) is 0 Å². The van der Waals surface area contributed by atoms with Crippen molar-refractivity contribution >= 4 is 33.2 Å². The van der Waals surface area contributed by atoms with Crippen molar-refractivity contribution in [2.75, 3.05) is 19.9 Å². The van der Waals surface area contributed by atoms with Crippen LogP contribution in [0.3, 0.4) is 0 Å². The molecule has 1 amide bonds. The van der Waals surface area contributed by atoms with E-state index in [2.05, 4.69) is 9.98 Å². The topological polar surface area (TPSA) is 137 Å². The fraction of sp³-hybridized carbons (Fsp3) is 0.452. The number of nitrogens with zero attached hydrogens (tertiary/aromatic N) is 3. The lowest BCUT2D eigenvalue weighted by atomic mass is 10.0. The molecule has 238 valence electrons. The number of aliphatic imine (C=N–C) groups is 1. The molecule has 0 saturated heterocycles. The van der Waals surface area contributed by atoms with Gasteiger partial charge in [-0.1, -0.05) is 26.0 Å². The zero-order chi connectivity index (χ0) is 32.1. The fourth-order valence-corrected chi connectivity index (χ4v) is 6.56. The molecule has 3 aromatic rings. The number of hydrogen-bond acceptors (Lipinski definition) is 10. The van der Waals surface area contributed by atoms with Crippen molar-refractivity contribution in [1.82, 2.24) is 9.29 Å². The summed E-state index contributed by atoms with van der Waals surface area (Å²) in [4.78, 5) is 21.2. The summed E-state index contributed by atoms with van der Waals surface area (Å²) >= 11 is 1.55. The number of aromatic nitrogens is 1. The molecule has 2 heterocycles. The van der Waals surface area contributed by atoms with Gasteiger partial charge in [0.05, 0.1) is 21.3 Å². The van der Waals surface area contributed by atoms with Gasteiger partial charge < -0.3 is 24.1 Å². The van der Waals surface area contributed by atoms with Crippen LogP contribution in [0.5, 0.6) is 17.2 Å². The second-order valence-corrected chi connectivity index (χ2v) is 14.8. The molecule has 1 aromatic heterocycles. The van der Waals surface area contributed by atoms with E-state index in [-0.39, 0.29) is 42.8 Å². The van der Waals surface area contributed by atoms with Crippen LogP contribution in [0.15, 0.2) is 57.7 Å². The highest BCUT2D eigenvalue weighted by atomic mass is 32.2. The van der Waals surface area contributed by atoms with Gasteiger partial charge in [-0.05, 0) is 63.4 Å². The normalized spacial score (nSPS) is 14.2. The number of ether oxygens (including phenoxy) is 4. The Labute approximate surface area is 262 Å². The highest BCUT2D eigenvalue weighted by Crippen LogP contribution is 2.35. The van der Waals surface area contributed by atoms with Gasteiger partial charge in [0.15, 0.2) is 11.5 Å². The first kappa shape index (κ1) is 33.4. The molecule has 0 fully saturated rings. The molecule has 0 bridgehead atoms. The molecular weight excluding hydrogens is 606 g/mol. The minimum absolute atomic E-state index is 0.00336. The van der Waals surface area contributed by atoms with E-state index in [9.17, 15) is 18.3 Å². The molecule has 1 N–H and O–H groups in total. The molecule has 11 nitrogen and oxygen atoms in total. The molecular formula is C31H39N3O8S2. The summed E-state index contributed by atoms with van der Waals surface area (Å²) in [6.45, 7) is 11.0. The van der Waals surface area contributed by atoms with Gasteiger partial charge in [-0.2, -0.15) is 9.30 Å². The van der Waals surface area contributed by atoms with Crippen LogP contribution in [0.4, 0.5) is 4.79 Å². The highest BCUT2D eigenvalue weighted by molar-refractivity contribution is 7.89. The van der Waals surface area contributed by atoms with Crippen molar-refractivity contribution in [2.45, 2.75) is 71.2 Å². The zero-order valence-electron chi connectivity index (χ0n) is 25.8. The Morgan fingerprint density at radius 3 is 2.45 bits per heavy atom. The number of benzene rings is 2. The lowest BCUT2D eigenvalue weighted by molar-refractivity contribution is 0.0600. The van der Waals surface area contributed by atoms with E-state index >= 15 is 0 Å². The molecule has 1 aliphatic rings. The molecule has 0 aliphatic carbocycles. The van der Waals surface area contributed by atoms with E-state index < -0.39 is 27.8 Å². The maximum atomic E-state index is 13.8. The molecule has 13 heteroatoms. The van der Waals surface area contributed by atoms with Crippen LogP contribution in [0.1, 0.15) is 50.9 Å². The Bertz CT molecular complexity index is 1580. The number of sulfonamides is 1. The smallest absolute Gasteiger partial charge is 0.434 e. The standard InChI is InChI=1S/C31H39N3O8S2/c1-20(2)15-34(44(37,38)25-11-12-28-29(14-25)41-19-40-28)16-27(35)26(33-30(36)42-31(4,5)6)13-22-7-9-24(10-8-22)39-17-23-18-43-21(3)32-23/h7-12,14,18,20,27,35H,13,15-17,19H2,1-6H3/b33-26+/t27-/m1/s1. The number of carbonyl (C=O) groups excluding carboxylic acids is 1. The summed E-state index contributed by atoms with van der Waals surface area (Å²) in [7, 11) is -4.06. The highest BCUT2D eigenvalue weighted by Gasteiger charge is 2.31. The van der Waals surface area contributed by atoms with Crippen molar-refractivity contribution in [3.05, 3.63) is 64.1 Å². The van der Waals surface area contributed by atoms with Crippen LogP contribution in [0.2, 0.25) is 0 Å². The Hall–Kier alpha value is -3.52. The van der Waals surface area contributed by atoms with E-state index in [1.54, 1.807) is 62.4 Å². The number of aliphatic hydroxyl groups excluding tert-OH is 1. The quantitative estimate of drug-likeness (QED) is 0.257. The van der Waals surface area contributed by atoms with E-state index in [4.69, 9.17) is 18.9 Å². The van der Waals surface area contributed by atoms with Gasteiger partial charge in [-0.25, -0.2) is 18.2 Å². The number of rotatable bonds is 12. The summed E-state index contributed by atoms with van der Waals surface area (Å²) in [6, 6.07) is 11.6. The van der Waals surface area contributed by atoms with E-state index in [0.29, 0.717) is 23.9 Å². The molecule has 2 aromatic carbocycles. The third kappa shape index (κ3) is 9.24. The molecule has 0 radical (unpaired) electrons. The minimum Gasteiger partial charge on any atom is -0.487 e. The number of aryl methyl sites for hydroxylation is 1. The Morgan fingerprint density at radius 1 is 1.11 bits per heavy atom. The zero-order valence-corrected chi connectivity index (χ0v) is 27.4. The Kier molecular flexibility index (Phi) is 10.7. The number of fused-ring (bicyclic) bond motifs is 1. The Balaban J connectivity index is 1.55. The van der Waals surface area contributed by atoms with Gasteiger partial charge in [0.1, 0.15) is 24.1 Å². The van der Waals surface area contributed by atoms with Gasteiger partial charge in [0.25, 0.3) is 0 Å². The number of aliphatic hydroxyl groups is 1. The summed E-state index contributed by atoms with van der Waals surface area (Å²) < 4.78 is 50.6. The average molecular weight is 646 g/mol. The second-order valence-electron chi connectivity index (χ2n) is 11.8. The molecule has 0 saturated carbocycles. The van der Waals surface area contributed by atoms with E-state index in [1.165, 1.54) is 16.4 Å². The number of amides is 1. The number of carbonyl (C=O) groups is 1. The van der Waals surface area contributed by atoms with Crippen LogP contribution >= 0.6 is 11.3 Å². The Morgan fingerprint density at radius 2 is 1.82 bits per heavy atom. The summed E-state index contributed by atoms with van der Waals surface area (Å²) in [5.74, 6) is 1.36. The van der Waals surface area contributed by atoms with Crippen molar-refractivity contribution in [1.29, 1.82) is 0 Å². The largest absolute Gasteiger partial charge is 0.487 e. The van der Waals surface area contributed by atoms with Crippen molar-refractivity contribution in [3.8, 4) is 17.2 Å². The van der Waals surface area contributed by atoms with Crippen molar-refractivity contribution < 1.29 is 37.3 Å². The molecule has 4 rings (SSSR count). The van der Waals surface area contributed by atoms with Crippen molar-refractivity contribution in [2.24, 2.45) is 10.9 Å². The van der Waals surface area contributed by atoms with Gasteiger partial charge in [-0.15, -0.1) is 11.3 Å². The predicted molar refractivity (Wildman–Crippen MR) is 167 cm³/mol. The van der Waals surface area contributed by atoms with Crippen LogP contribution in [0.25, 0.3) is 0 Å². The first-order chi connectivity index (χ1) is 20.7. The van der Waals surface area contributed by atoms with Crippen LogP contribution in [0, 0.1) is 12.8 Å². The van der Waals surface area contributed by atoms with Gasteiger partial charge in [0, 0.05) is 31.0 Å². The van der Waals surface area contributed by atoms with Crippen LogP contribution in [-0.4, -0.2) is 66.2 Å². The van der Waals surface area contributed by atoms with E-state index in [1.807, 2.05) is 26.2 Å². The SMILES string of the molecule is Cc1nc(COc2ccc(C/C(=N\C(=O)OC(C)(C)C)[C@H](O)CN(CC(C)C)S(=O)(=O)c3ccc4c(c3)OCO4)cc2)cs1. The second kappa shape index (κ2) is 14.1. The van der Waals surface area contributed by atoms with Crippen molar-refractivity contribution in [3.63, 3.8) is 0 Å². The summed E-state index contributed by atoms with van der Waals surface area (Å²) in [5, 5.41) is 14.3. The summed E-state index contributed by atoms with van der Waals surface area (Å²) in [6.07, 6.45) is -2.21. The van der Waals surface area contributed by atoms with Crippen LogP contribution < -0.4 is 14.2 Å². The number of hydrogen-bond donors (Lipinski definition) is 1. The molecule has 0 spiro atoms. The molecule has 0 unspecified atom stereocenters. The average Bonchev–Trinajstić information content (AvgIpc) is 3.58. The maximum absolute atomic E-state index is 13.8.